The van der Waals surface area contributed by atoms with Crippen LogP contribution in [0.2, 0.25) is 0 Å². The van der Waals surface area contributed by atoms with E-state index in [1.807, 2.05) is 0 Å². The summed E-state index contributed by atoms with van der Waals surface area (Å²) in [6, 6.07) is 6.50. The molecule has 96 valence electrons. The van der Waals surface area contributed by atoms with E-state index in [-0.39, 0.29) is 5.91 Å². The maximum absolute atomic E-state index is 11.7. The second-order valence-corrected chi connectivity index (χ2v) is 5.48. The number of hydrogen-bond donors (Lipinski definition) is 2. The largest absolute Gasteiger partial charge is 0.352 e. The molecule has 2 aliphatic rings. The number of amides is 1. The monoisotopic (exact) mass is 244 g/mol. The SMILES string of the molecule is O=C(CC1CCC1)NCc1ccc2c(c1)CNC2. The van der Waals surface area contributed by atoms with E-state index in [0.717, 1.165) is 13.1 Å². The van der Waals surface area contributed by atoms with Crippen LogP contribution in [-0.4, -0.2) is 5.91 Å². The molecular formula is C15H20N2O. The van der Waals surface area contributed by atoms with Gasteiger partial charge in [-0.1, -0.05) is 24.6 Å². The van der Waals surface area contributed by atoms with Crippen molar-refractivity contribution in [1.29, 1.82) is 0 Å². The molecule has 1 aromatic carbocycles. The van der Waals surface area contributed by atoms with Crippen molar-refractivity contribution in [3.05, 3.63) is 34.9 Å². The molecule has 0 radical (unpaired) electrons. The van der Waals surface area contributed by atoms with E-state index in [1.54, 1.807) is 0 Å². The first-order valence-electron chi connectivity index (χ1n) is 6.89. The van der Waals surface area contributed by atoms with E-state index in [9.17, 15) is 4.79 Å². The minimum atomic E-state index is 0.207. The van der Waals surface area contributed by atoms with E-state index in [2.05, 4.69) is 28.8 Å². The Morgan fingerprint density at radius 1 is 1.28 bits per heavy atom. The first-order chi connectivity index (χ1) is 8.81. The standard InChI is InChI=1S/C15H20N2O/c18-15(7-11-2-1-3-11)17-8-12-4-5-13-9-16-10-14(13)6-12/h4-6,11,16H,1-3,7-10H2,(H,17,18). The number of hydrogen-bond acceptors (Lipinski definition) is 2. The Morgan fingerprint density at radius 2 is 2.11 bits per heavy atom. The fraction of sp³-hybridized carbons (Fsp3) is 0.533. The molecule has 0 saturated heterocycles. The number of nitrogens with one attached hydrogen (secondary N) is 2. The van der Waals surface area contributed by atoms with Gasteiger partial charge >= 0.3 is 0 Å². The summed E-state index contributed by atoms with van der Waals surface area (Å²) >= 11 is 0. The highest BCUT2D eigenvalue weighted by molar-refractivity contribution is 5.76. The molecule has 18 heavy (non-hydrogen) atoms. The summed E-state index contributed by atoms with van der Waals surface area (Å²) in [5.74, 6) is 0.854. The normalized spacial score (nSPS) is 18.2. The van der Waals surface area contributed by atoms with E-state index >= 15 is 0 Å². The van der Waals surface area contributed by atoms with Crippen molar-refractivity contribution in [3.8, 4) is 0 Å². The Labute approximate surface area is 108 Å². The molecule has 1 aliphatic heterocycles. The van der Waals surface area contributed by atoms with Crippen molar-refractivity contribution in [3.63, 3.8) is 0 Å². The molecule has 0 aromatic heterocycles. The molecule has 3 rings (SSSR count). The average Bonchev–Trinajstić information content (AvgIpc) is 2.78. The lowest BCUT2D eigenvalue weighted by Gasteiger charge is -2.24. The molecule has 1 heterocycles. The van der Waals surface area contributed by atoms with Crippen LogP contribution in [-0.2, 0) is 24.4 Å². The molecule has 2 N–H and O–H groups in total. The van der Waals surface area contributed by atoms with Gasteiger partial charge in [0.15, 0.2) is 0 Å². The quantitative estimate of drug-likeness (QED) is 0.851. The van der Waals surface area contributed by atoms with Gasteiger partial charge in [0.1, 0.15) is 0 Å². The molecule has 1 saturated carbocycles. The van der Waals surface area contributed by atoms with Crippen molar-refractivity contribution in [1.82, 2.24) is 10.6 Å². The summed E-state index contributed by atoms with van der Waals surface area (Å²) in [6.07, 6.45) is 4.48. The molecule has 1 aromatic rings. The summed E-state index contributed by atoms with van der Waals surface area (Å²) in [6.45, 7) is 2.60. The van der Waals surface area contributed by atoms with Crippen molar-refractivity contribution in [2.45, 2.75) is 45.3 Å². The summed E-state index contributed by atoms with van der Waals surface area (Å²) in [7, 11) is 0. The van der Waals surface area contributed by atoms with Gasteiger partial charge in [-0.15, -0.1) is 0 Å². The van der Waals surface area contributed by atoms with Crippen molar-refractivity contribution in [2.24, 2.45) is 5.92 Å². The molecule has 0 unspecified atom stereocenters. The zero-order valence-electron chi connectivity index (χ0n) is 10.7. The van der Waals surface area contributed by atoms with Gasteiger partial charge < -0.3 is 10.6 Å². The second-order valence-electron chi connectivity index (χ2n) is 5.48. The molecule has 0 atom stereocenters. The van der Waals surface area contributed by atoms with Crippen molar-refractivity contribution < 1.29 is 4.79 Å². The number of benzene rings is 1. The van der Waals surface area contributed by atoms with Crippen LogP contribution in [0.5, 0.6) is 0 Å². The number of carbonyl (C=O) groups excluding carboxylic acids is 1. The Hall–Kier alpha value is -1.35. The summed E-state index contributed by atoms with van der Waals surface area (Å²) in [4.78, 5) is 11.7. The highest BCUT2D eigenvalue weighted by Gasteiger charge is 2.20. The van der Waals surface area contributed by atoms with Crippen LogP contribution in [0, 0.1) is 5.92 Å². The van der Waals surface area contributed by atoms with Gasteiger partial charge in [-0.2, -0.15) is 0 Å². The smallest absolute Gasteiger partial charge is 0.220 e. The molecule has 3 nitrogen and oxygen atoms in total. The minimum absolute atomic E-state index is 0.207. The molecule has 1 fully saturated rings. The summed E-state index contributed by atoms with van der Waals surface area (Å²) in [5, 5.41) is 6.36. The van der Waals surface area contributed by atoms with Gasteiger partial charge in [0.2, 0.25) is 5.91 Å². The van der Waals surface area contributed by atoms with Gasteiger partial charge in [-0.3, -0.25) is 4.79 Å². The number of rotatable bonds is 4. The van der Waals surface area contributed by atoms with E-state index < -0.39 is 0 Å². The number of carbonyl (C=O) groups is 1. The Bertz CT molecular complexity index is 452. The van der Waals surface area contributed by atoms with Crippen LogP contribution in [0.25, 0.3) is 0 Å². The van der Waals surface area contributed by atoms with Crippen LogP contribution < -0.4 is 10.6 Å². The zero-order valence-corrected chi connectivity index (χ0v) is 10.7. The topological polar surface area (TPSA) is 41.1 Å². The van der Waals surface area contributed by atoms with Crippen LogP contribution in [0.3, 0.4) is 0 Å². The van der Waals surface area contributed by atoms with Gasteiger partial charge in [-0.05, 0) is 35.4 Å². The maximum atomic E-state index is 11.7. The maximum Gasteiger partial charge on any atom is 0.220 e. The number of fused-ring (bicyclic) bond motifs is 1. The predicted molar refractivity (Wildman–Crippen MR) is 70.8 cm³/mol. The highest BCUT2D eigenvalue weighted by Crippen LogP contribution is 2.29. The molecular weight excluding hydrogens is 224 g/mol. The fourth-order valence-electron chi connectivity index (χ4n) is 2.69. The van der Waals surface area contributed by atoms with Crippen LogP contribution in [0.1, 0.15) is 42.4 Å². The van der Waals surface area contributed by atoms with Gasteiger partial charge in [0.25, 0.3) is 0 Å². The molecule has 1 aliphatic carbocycles. The molecule has 3 heteroatoms. The third-order valence-electron chi connectivity index (χ3n) is 4.09. The predicted octanol–water partition coefficient (Wildman–Crippen LogP) is 2.10. The van der Waals surface area contributed by atoms with Crippen LogP contribution in [0.15, 0.2) is 18.2 Å². The molecule has 0 spiro atoms. The lowest BCUT2D eigenvalue weighted by Crippen LogP contribution is -2.27. The van der Waals surface area contributed by atoms with Gasteiger partial charge in [-0.25, -0.2) is 0 Å². The highest BCUT2D eigenvalue weighted by atomic mass is 16.1. The Morgan fingerprint density at radius 3 is 2.89 bits per heavy atom. The zero-order chi connectivity index (χ0) is 12.4. The van der Waals surface area contributed by atoms with E-state index in [1.165, 1.54) is 36.0 Å². The van der Waals surface area contributed by atoms with Crippen LogP contribution >= 0.6 is 0 Å². The van der Waals surface area contributed by atoms with Crippen molar-refractivity contribution in [2.75, 3.05) is 0 Å². The summed E-state index contributed by atoms with van der Waals surface area (Å²) < 4.78 is 0. The lowest BCUT2D eigenvalue weighted by molar-refractivity contribution is -0.122. The average molecular weight is 244 g/mol. The van der Waals surface area contributed by atoms with Crippen molar-refractivity contribution >= 4 is 5.91 Å². The van der Waals surface area contributed by atoms with Gasteiger partial charge in [0.05, 0.1) is 0 Å². The minimum Gasteiger partial charge on any atom is -0.352 e. The van der Waals surface area contributed by atoms with E-state index in [0.29, 0.717) is 18.9 Å². The molecule has 1 amide bonds. The van der Waals surface area contributed by atoms with Crippen LogP contribution in [0.4, 0.5) is 0 Å². The third-order valence-corrected chi connectivity index (χ3v) is 4.09. The Kier molecular flexibility index (Phi) is 3.33. The first kappa shape index (κ1) is 11.7. The second kappa shape index (κ2) is 5.11. The lowest BCUT2D eigenvalue weighted by atomic mass is 9.83. The molecule has 0 bridgehead atoms. The first-order valence-corrected chi connectivity index (χ1v) is 6.89. The Balaban J connectivity index is 1.51. The van der Waals surface area contributed by atoms with Gasteiger partial charge in [0, 0.05) is 26.1 Å². The van der Waals surface area contributed by atoms with E-state index in [4.69, 9.17) is 0 Å². The fourth-order valence-corrected chi connectivity index (χ4v) is 2.69. The summed E-state index contributed by atoms with van der Waals surface area (Å²) in [5.41, 5.74) is 3.97. The third kappa shape index (κ3) is 2.56.